The molecule has 0 aliphatic heterocycles. The third-order valence-electron chi connectivity index (χ3n) is 2.37. The molecule has 0 radical (unpaired) electrons. The molecular weight excluding hydrogens is 216 g/mol. The number of nitrogens with two attached hydrogens (primary N) is 1. The number of para-hydroxylation sites is 1. The number of aliphatic hydroxyl groups excluding tert-OH is 1. The summed E-state index contributed by atoms with van der Waals surface area (Å²) >= 11 is 0. The molecule has 0 bridgehead atoms. The molecule has 96 valence electrons. The molecule has 1 rings (SSSR count). The molecule has 0 amide bonds. The molecule has 1 aromatic carbocycles. The first-order valence-electron chi connectivity index (χ1n) is 5.92. The van der Waals surface area contributed by atoms with Crippen LogP contribution in [0.2, 0.25) is 0 Å². The van der Waals surface area contributed by atoms with Crippen LogP contribution in [0.25, 0.3) is 0 Å². The van der Waals surface area contributed by atoms with E-state index in [4.69, 9.17) is 10.5 Å². The highest BCUT2D eigenvalue weighted by Gasteiger charge is 2.06. The van der Waals surface area contributed by atoms with E-state index in [-0.39, 0.29) is 12.6 Å². The summed E-state index contributed by atoms with van der Waals surface area (Å²) in [5.74, 6) is 0.818. The van der Waals surface area contributed by atoms with Crippen LogP contribution in [0.15, 0.2) is 24.3 Å². The Kier molecular flexibility index (Phi) is 5.97. The molecule has 0 heterocycles. The van der Waals surface area contributed by atoms with Crippen LogP contribution in [0.4, 0.5) is 0 Å². The SMILES string of the molecule is Cc1ccccc1OCC(O)CNCC(C)N. The van der Waals surface area contributed by atoms with E-state index in [0.717, 1.165) is 11.3 Å². The zero-order valence-corrected chi connectivity index (χ0v) is 10.5. The van der Waals surface area contributed by atoms with Crippen molar-refractivity contribution >= 4 is 0 Å². The van der Waals surface area contributed by atoms with Gasteiger partial charge in [0.25, 0.3) is 0 Å². The number of nitrogens with one attached hydrogen (secondary N) is 1. The highest BCUT2D eigenvalue weighted by molar-refractivity contribution is 5.31. The zero-order chi connectivity index (χ0) is 12.7. The fraction of sp³-hybridized carbons (Fsp3) is 0.538. The van der Waals surface area contributed by atoms with Crippen LogP contribution in [0.1, 0.15) is 12.5 Å². The van der Waals surface area contributed by atoms with Gasteiger partial charge in [0.15, 0.2) is 0 Å². The number of rotatable bonds is 7. The van der Waals surface area contributed by atoms with Crippen LogP contribution in [-0.4, -0.2) is 36.9 Å². The van der Waals surface area contributed by atoms with Crippen molar-refractivity contribution < 1.29 is 9.84 Å². The summed E-state index contributed by atoms with van der Waals surface area (Å²) in [7, 11) is 0. The minimum atomic E-state index is -0.520. The Morgan fingerprint density at radius 2 is 2.06 bits per heavy atom. The van der Waals surface area contributed by atoms with E-state index in [0.29, 0.717) is 13.1 Å². The molecule has 0 spiro atoms. The molecule has 0 aromatic heterocycles. The molecule has 1 aromatic rings. The van der Waals surface area contributed by atoms with Crippen molar-refractivity contribution in [3.63, 3.8) is 0 Å². The average molecular weight is 238 g/mol. The van der Waals surface area contributed by atoms with E-state index in [1.807, 2.05) is 38.1 Å². The molecule has 4 nitrogen and oxygen atoms in total. The van der Waals surface area contributed by atoms with Gasteiger partial charge >= 0.3 is 0 Å². The van der Waals surface area contributed by atoms with Crippen LogP contribution in [0, 0.1) is 6.92 Å². The number of benzene rings is 1. The Morgan fingerprint density at radius 1 is 1.35 bits per heavy atom. The summed E-state index contributed by atoms with van der Waals surface area (Å²) in [6, 6.07) is 7.86. The Hall–Kier alpha value is -1.10. The summed E-state index contributed by atoms with van der Waals surface area (Å²) < 4.78 is 5.53. The number of aryl methyl sites for hydroxylation is 1. The minimum absolute atomic E-state index is 0.0967. The minimum Gasteiger partial charge on any atom is -0.491 e. The Bertz CT molecular complexity index is 329. The molecule has 2 unspecified atom stereocenters. The largest absolute Gasteiger partial charge is 0.491 e. The van der Waals surface area contributed by atoms with Crippen LogP contribution >= 0.6 is 0 Å². The Morgan fingerprint density at radius 3 is 2.71 bits per heavy atom. The van der Waals surface area contributed by atoms with Crippen LogP contribution in [0.5, 0.6) is 5.75 Å². The summed E-state index contributed by atoms with van der Waals surface area (Å²) in [5, 5.41) is 12.8. The monoisotopic (exact) mass is 238 g/mol. The van der Waals surface area contributed by atoms with Gasteiger partial charge in [0, 0.05) is 19.1 Å². The zero-order valence-electron chi connectivity index (χ0n) is 10.5. The van der Waals surface area contributed by atoms with Crippen molar-refractivity contribution in [3.05, 3.63) is 29.8 Å². The lowest BCUT2D eigenvalue weighted by Gasteiger charge is -2.15. The van der Waals surface area contributed by atoms with Crippen LogP contribution in [0.3, 0.4) is 0 Å². The molecule has 0 saturated heterocycles. The smallest absolute Gasteiger partial charge is 0.122 e. The van der Waals surface area contributed by atoms with Gasteiger partial charge < -0.3 is 20.9 Å². The molecule has 4 N–H and O–H groups in total. The fourth-order valence-electron chi connectivity index (χ4n) is 1.44. The average Bonchev–Trinajstić information content (AvgIpc) is 2.27. The van der Waals surface area contributed by atoms with Crippen molar-refractivity contribution in [2.75, 3.05) is 19.7 Å². The summed E-state index contributed by atoms with van der Waals surface area (Å²) in [6.45, 7) is 5.38. The molecule has 17 heavy (non-hydrogen) atoms. The molecule has 0 saturated carbocycles. The van der Waals surface area contributed by atoms with Gasteiger partial charge in [0.2, 0.25) is 0 Å². The Balaban J connectivity index is 2.24. The van der Waals surface area contributed by atoms with E-state index >= 15 is 0 Å². The number of ether oxygens (including phenoxy) is 1. The first-order chi connectivity index (χ1) is 8.09. The van der Waals surface area contributed by atoms with E-state index in [1.54, 1.807) is 0 Å². The molecule has 2 atom stereocenters. The normalized spacial score (nSPS) is 14.4. The second-order valence-corrected chi connectivity index (χ2v) is 4.37. The maximum atomic E-state index is 9.69. The van der Waals surface area contributed by atoms with E-state index in [2.05, 4.69) is 5.32 Å². The molecule has 0 fully saturated rings. The first-order valence-corrected chi connectivity index (χ1v) is 5.92. The van der Waals surface area contributed by atoms with Gasteiger partial charge in [0.1, 0.15) is 18.5 Å². The third kappa shape index (κ3) is 5.68. The van der Waals surface area contributed by atoms with Crippen LogP contribution in [-0.2, 0) is 0 Å². The second kappa shape index (κ2) is 7.27. The molecular formula is C13H22N2O2. The van der Waals surface area contributed by atoms with Gasteiger partial charge in [0.05, 0.1) is 0 Å². The van der Waals surface area contributed by atoms with Crippen molar-refractivity contribution in [2.24, 2.45) is 5.73 Å². The quantitative estimate of drug-likeness (QED) is 0.653. The highest BCUT2D eigenvalue weighted by Crippen LogP contribution is 2.16. The molecule has 0 aliphatic rings. The summed E-state index contributed by atoms with van der Waals surface area (Å²) in [4.78, 5) is 0. The lowest BCUT2D eigenvalue weighted by atomic mass is 10.2. The number of aliphatic hydroxyl groups is 1. The van der Waals surface area contributed by atoms with Gasteiger partial charge in [-0.3, -0.25) is 0 Å². The Labute approximate surface area is 103 Å². The van der Waals surface area contributed by atoms with Crippen molar-refractivity contribution in [1.29, 1.82) is 0 Å². The molecule has 4 heteroatoms. The summed E-state index contributed by atoms with van der Waals surface area (Å²) in [6.07, 6.45) is -0.520. The van der Waals surface area contributed by atoms with E-state index in [9.17, 15) is 5.11 Å². The van der Waals surface area contributed by atoms with Gasteiger partial charge in [-0.2, -0.15) is 0 Å². The second-order valence-electron chi connectivity index (χ2n) is 4.37. The van der Waals surface area contributed by atoms with Crippen molar-refractivity contribution in [2.45, 2.75) is 26.0 Å². The van der Waals surface area contributed by atoms with Crippen molar-refractivity contribution in [1.82, 2.24) is 5.32 Å². The molecule has 0 aliphatic carbocycles. The maximum Gasteiger partial charge on any atom is 0.122 e. The first kappa shape index (κ1) is 14.0. The lowest BCUT2D eigenvalue weighted by molar-refractivity contribution is 0.106. The third-order valence-corrected chi connectivity index (χ3v) is 2.37. The number of hydrogen-bond donors (Lipinski definition) is 3. The van der Waals surface area contributed by atoms with Gasteiger partial charge in [-0.05, 0) is 25.5 Å². The van der Waals surface area contributed by atoms with Crippen LogP contribution < -0.4 is 15.8 Å². The van der Waals surface area contributed by atoms with E-state index in [1.165, 1.54) is 0 Å². The van der Waals surface area contributed by atoms with Gasteiger partial charge in [-0.1, -0.05) is 18.2 Å². The summed E-state index contributed by atoms with van der Waals surface area (Å²) in [5.41, 5.74) is 6.66. The fourth-order valence-corrected chi connectivity index (χ4v) is 1.44. The van der Waals surface area contributed by atoms with Crippen molar-refractivity contribution in [3.8, 4) is 5.75 Å². The predicted molar refractivity (Wildman–Crippen MR) is 69.2 cm³/mol. The van der Waals surface area contributed by atoms with Gasteiger partial charge in [-0.25, -0.2) is 0 Å². The number of hydrogen-bond acceptors (Lipinski definition) is 4. The van der Waals surface area contributed by atoms with E-state index < -0.39 is 6.10 Å². The predicted octanol–water partition coefficient (Wildman–Crippen LogP) is 0.672. The topological polar surface area (TPSA) is 67.5 Å². The highest BCUT2D eigenvalue weighted by atomic mass is 16.5. The standard InChI is InChI=1S/C13H22N2O2/c1-10-5-3-4-6-13(10)17-9-12(16)8-15-7-11(2)14/h3-6,11-12,15-16H,7-9,14H2,1-2H3. The lowest BCUT2D eigenvalue weighted by Crippen LogP contribution is -2.37. The van der Waals surface area contributed by atoms with Gasteiger partial charge in [-0.15, -0.1) is 0 Å². The maximum absolute atomic E-state index is 9.69.